The maximum Gasteiger partial charge on any atom is 0.472 e. The topological polar surface area (TPSA) is 164 Å². The Morgan fingerprint density at radius 2 is 1.59 bits per heavy atom. The van der Waals surface area contributed by atoms with Gasteiger partial charge in [-0.05, 0) is 41.5 Å². The summed E-state index contributed by atoms with van der Waals surface area (Å²) in [6.45, 7) is 7.86. The first-order valence-corrected chi connectivity index (χ1v) is 10.3. The van der Waals surface area contributed by atoms with Crippen LogP contribution in [0, 0.1) is 0 Å². The Hall–Kier alpha value is -1.27. The molecule has 0 saturated heterocycles. The van der Waals surface area contributed by atoms with E-state index in [1.807, 2.05) is 0 Å². The van der Waals surface area contributed by atoms with Crippen LogP contribution in [0.25, 0.3) is 0 Å². The molecule has 0 fully saturated rings. The molecule has 13 heteroatoms. The number of hydrogen-bond donors (Lipinski definition) is 4. The third kappa shape index (κ3) is 13.6. The number of hydrogen-bond acceptors (Lipinski definition) is 9. The summed E-state index contributed by atoms with van der Waals surface area (Å²) in [5.41, 5.74) is -1.57. The molecule has 0 heterocycles. The number of nitrogens with zero attached hydrogens (tertiary/aromatic N) is 1. The summed E-state index contributed by atoms with van der Waals surface area (Å²) >= 11 is 0. The molecule has 0 rings (SSSR count). The number of likely N-dealkylation sites (N-methyl/N-ethyl adjacent to an activating group) is 1. The van der Waals surface area contributed by atoms with Gasteiger partial charge in [-0.2, -0.15) is 0 Å². The summed E-state index contributed by atoms with van der Waals surface area (Å²) in [5, 5.41) is 21.0. The Balaban J connectivity index is 5.19. The van der Waals surface area contributed by atoms with Crippen LogP contribution >= 0.6 is 7.82 Å². The van der Waals surface area contributed by atoms with Crippen molar-refractivity contribution < 1.29 is 47.9 Å². The zero-order chi connectivity index (χ0) is 23.0. The predicted molar refractivity (Wildman–Crippen MR) is 102 cm³/mol. The SMILES string of the molecule is CN(OC(C)(C)C)C(=O)C(COP(=O)(O)OCC(O)CO)NC(=O)OC(C)(C)C. The Morgan fingerprint density at radius 3 is 2.03 bits per heavy atom. The minimum atomic E-state index is -4.68. The van der Waals surface area contributed by atoms with Crippen LogP contribution in [-0.4, -0.2) is 82.4 Å². The molecule has 0 aliphatic heterocycles. The average Bonchev–Trinajstić information content (AvgIpc) is 2.52. The number of aliphatic hydroxyl groups is 2. The molecule has 0 bridgehead atoms. The van der Waals surface area contributed by atoms with Gasteiger partial charge in [0.15, 0.2) is 0 Å². The van der Waals surface area contributed by atoms with Crippen molar-refractivity contribution in [1.29, 1.82) is 0 Å². The summed E-state index contributed by atoms with van der Waals surface area (Å²) in [5.74, 6) is -0.777. The van der Waals surface area contributed by atoms with Gasteiger partial charge in [-0.3, -0.25) is 18.7 Å². The number of hydroxylamine groups is 2. The molecule has 4 N–H and O–H groups in total. The Morgan fingerprint density at radius 1 is 1.07 bits per heavy atom. The van der Waals surface area contributed by atoms with Crippen molar-refractivity contribution in [3.05, 3.63) is 0 Å². The molecule has 29 heavy (non-hydrogen) atoms. The molecule has 0 radical (unpaired) electrons. The lowest BCUT2D eigenvalue weighted by atomic mass is 10.2. The molecular formula is C16H33N2O10P. The maximum absolute atomic E-state index is 12.6. The Kier molecular flexibility index (Phi) is 10.7. The van der Waals surface area contributed by atoms with Crippen molar-refractivity contribution in [2.75, 3.05) is 26.9 Å². The van der Waals surface area contributed by atoms with Crippen LogP contribution in [0.15, 0.2) is 0 Å². The molecular weight excluding hydrogens is 411 g/mol. The normalized spacial score (nSPS) is 16.5. The predicted octanol–water partition coefficient (Wildman–Crippen LogP) is 0.555. The smallest absolute Gasteiger partial charge is 0.444 e. The fourth-order valence-electron chi connectivity index (χ4n) is 1.74. The number of ether oxygens (including phenoxy) is 1. The first kappa shape index (κ1) is 27.7. The number of rotatable bonds is 10. The van der Waals surface area contributed by atoms with Crippen LogP contribution in [0.4, 0.5) is 4.79 Å². The van der Waals surface area contributed by atoms with E-state index in [-0.39, 0.29) is 0 Å². The van der Waals surface area contributed by atoms with Crippen molar-refractivity contribution >= 4 is 19.8 Å². The van der Waals surface area contributed by atoms with E-state index in [2.05, 4.69) is 9.84 Å². The van der Waals surface area contributed by atoms with Gasteiger partial charge in [0.05, 0.1) is 25.4 Å². The molecule has 0 aliphatic rings. The quantitative estimate of drug-likeness (QED) is 0.276. The van der Waals surface area contributed by atoms with Crippen LogP contribution in [0.3, 0.4) is 0 Å². The van der Waals surface area contributed by atoms with Crippen LogP contribution in [0.5, 0.6) is 0 Å². The van der Waals surface area contributed by atoms with Gasteiger partial charge in [0.25, 0.3) is 5.91 Å². The zero-order valence-corrected chi connectivity index (χ0v) is 18.8. The summed E-state index contributed by atoms with van der Waals surface area (Å²) < 4.78 is 26.2. The van der Waals surface area contributed by atoms with E-state index in [4.69, 9.17) is 19.2 Å². The average molecular weight is 444 g/mol. The second-order valence-corrected chi connectivity index (χ2v) is 9.59. The first-order valence-electron chi connectivity index (χ1n) is 8.83. The van der Waals surface area contributed by atoms with Crippen LogP contribution in [0.2, 0.25) is 0 Å². The van der Waals surface area contributed by atoms with Gasteiger partial charge < -0.3 is 25.2 Å². The van der Waals surface area contributed by atoms with E-state index in [0.29, 0.717) is 0 Å². The Bertz CT molecular complexity index is 587. The van der Waals surface area contributed by atoms with Crippen molar-refractivity contribution in [1.82, 2.24) is 10.4 Å². The van der Waals surface area contributed by atoms with Crippen molar-refractivity contribution in [2.24, 2.45) is 0 Å². The van der Waals surface area contributed by atoms with Gasteiger partial charge in [0.1, 0.15) is 17.7 Å². The Labute approximate surface area is 170 Å². The zero-order valence-electron chi connectivity index (χ0n) is 17.9. The molecule has 0 aromatic rings. The lowest BCUT2D eigenvalue weighted by molar-refractivity contribution is -0.218. The van der Waals surface area contributed by atoms with Gasteiger partial charge >= 0.3 is 13.9 Å². The molecule has 0 aromatic carbocycles. The van der Waals surface area contributed by atoms with E-state index in [1.165, 1.54) is 7.05 Å². The molecule has 3 atom stereocenters. The van der Waals surface area contributed by atoms with E-state index in [9.17, 15) is 24.2 Å². The van der Waals surface area contributed by atoms with Gasteiger partial charge in [0.2, 0.25) is 0 Å². The van der Waals surface area contributed by atoms with Crippen LogP contribution < -0.4 is 5.32 Å². The lowest BCUT2D eigenvalue weighted by Gasteiger charge is -2.30. The summed E-state index contributed by atoms with van der Waals surface area (Å²) in [6, 6.07) is -1.44. The van der Waals surface area contributed by atoms with Gasteiger partial charge in [-0.1, -0.05) is 0 Å². The monoisotopic (exact) mass is 444 g/mol. The molecule has 0 spiro atoms. The number of phosphoric acid groups is 1. The maximum atomic E-state index is 12.6. The van der Waals surface area contributed by atoms with Crippen LogP contribution in [-0.2, 0) is 28.0 Å². The lowest BCUT2D eigenvalue weighted by Crippen LogP contribution is -2.52. The summed E-state index contributed by atoms with van der Waals surface area (Å²) in [7, 11) is -3.37. The van der Waals surface area contributed by atoms with Crippen molar-refractivity contribution in [3.8, 4) is 0 Å². The third-order valence-electron chi connectivity index (χ3n) is 2.76. The molecule has 2 amide bonds. The van der Waals surface area contributed by atoms with E-state index < -0.39 is 63.0 Å². The van der Waals surface area contributed by atoms with Crippen molar-refractivity contribution in [2.45, 2.75) is 64.9 Å². The van der Waals surface area contributed by atoms with Crippen LogP contribution in [0.1, 0.15) is 41.5 Å². The highest BCUT2D eigenvalue weighted by molar-refractivity contribution is 7.47. The van der Waals surface area contributed by atoms with Gasteiger partial charge in [-0.15, -0.1) is 0 Å². The third-order valence-corrected chi connectivity index (χ3v) is 3.71. The van der Waals surface area contributed by atoms with E-state index in [0.717, 1.165) is 5.06 Å². The second kappa shape index (κ2) is 11.2. The van der Waals surface area contributed by atoms with Crippen molar-refractivity contribution in [3.63, 3.8) is 0 Å². The van der Waals surface area contributed by atoms with Gasteiger partial charge in [-0.25, -0.2) is 14.4 Å². The largest absolute Gasteiger partial charge is 0.472 e. The summed E-state index contributed by atoms with van der Waals surface area (Å²) in [4.78, 5) is 39.7. The molecule has 0 aliphatic carbocycles. The number of alkyl carbamates (subject to hydrolysis) is 1. The first-order chi connectivity index (χ1) is 13.0. The number of carbonyl (C=O) groups excluding carboxylic acids is 2. The van der Waals surface area contributed by atoms with Gasteiger partial charge in [0, 0.05) is 7.05 Å². The highest BCUT2D eigenvalue weighted by Gasteiger charge is 2.33. The number of aliphatic hydroxyl groups excluding tert-OH is 2. The minimum Gasteiger partial charge on any atom is -0.444 e. The minimum absolute atomic E-state index is 0.671. The molecule has 0 aromatic heterocycles. The van der Waals surface area contributed by atoms with E-state index >= 15 is 0 Å². The fraction of sp³-hybridized carbons (Fsp3) is 0.875. The highest BCUT2D eigenvalue weighted by Crippen LogP contribution is 2.43. The number of amides is 2. The number of phosphoric ester groups is 1. The highest BCUT2D eigenvalue weighted by atomic mass is 31.2. The standard InChI is InChI=1S/C16H33N2O10P/c1-15(2,3)27-14(22)17-12(13(21)18(7)28-16(4,5)6)10-26-29(23,24)25-9-11(20)8-19/h11-12,19-20H,8-10H2,1-7H3,(H,17,22)(H,23,24). The molecule has 3 unspecified atom stereocenters. The summed E-state index contributed by atoms with van der Waals surface area (Å²) in [6.07, 6.45) is -2.34. The molecule has 0 saturated carbocycles. The molecule has 12 nitrogen and oxygen atoms in total. The molecule has 172 valence electrons. The fourth-order valence-corrected chi connectivity index (χ4v) is 2.51. The second-order valence-electron chi connectivity index (χ2n) is 8.13. The number of carbonyl (C=O) groups is 2. The van der Waals surface area contributed by atoms with E-state index in [1.54, 1.807) is 41.5 Å². The number of nitrogens with one attached hydrogen (secondary N) is 1.